The first kappa shape index (κ1) is 16.6. The van der Waals surface area contributed by atoms with Crippen LogP contribution in [0.15, 0.2) is 54.6 Å². The van der Waals surface area contributed by atoms with E-state index in [0.717, 1.165) is 26.2 Å². The Kier molecular flexibility index (Phi) is 4.26. The SMILES string of the molecule is CC(C)(C)[C@@H](c1c2ccccc2cc2ccccc12)N1CCNCC1. The summed E-state index contributed by atoms with van der Waals surface area (Å²) in [5.41, 5.74) is 1.67. The number of rotatable bonds is 2. The largest absolute Gasteiger partial charge is 0.314 e. The van der Waals surface area contributed by atoms with Gasteiger partial charge in [-0.25, -0.2) is 0 Å². The quantitative estimate of drug-likeness (QED) is 0.665. The number of piperazine rings is 1. The summed E-state index contributed by atoms with van der Waals surface area (Å²) in [7, 11) is 0. The van der Waals surface area contributed by atoms with Gasteiger partial charge in [-0.05, 0) is 38.6 Å². The van der Waals surface area contributed by atoms with Crippen molar-refractivity contribution in [1.29, 1.82) is 0 Å². The zero-order chi connectivity index (χ0) is 17.4. The maximum Gasteiger partial charge on any atom is 0.0409 e. The summed E-state index contributed by atoms with van der Waals surface area (Å²) in [5.74, 6) is 0. The second kappa shape index (κ2) is 6.44. The molecular formula is C23H28N2. The summed E-state index contributed by atoms with van der Waals surface area (Å²) >= 11 is 0. The van der Waals surface area contributed by atoms with Gasteiger partial charge >= 0.3 is 0 Å². The van der Waals surface area contributed by atoms with Crippen LogP contribution >= 0.6 is 0 Å². The summed E-state index contributed by atoms with van der Waals surface area (Å²) in [4.78, 5) is 2.69. The van der Waals surface area contributed by atoms with Crippen molar-refractivity contribution in [2.45, 2.75) is 26.8 Å². The van der Waals surface area contributed by atoms with Crippen molar-refractivity contribution in [3.8, 4) is 0 Å². The molecule has 1 saturated heterocycles. The summed E-state index contributed by atoms with van der Waals surface area (Å²) in [5, 5.41) is 9.01. The average molecular weight is 332 g/mol. The molecule has 3 aromatic carbocycles. The Morgan fingerprint density at radius 3 is 1.88 bits per heavy atom. The maximum atomic E-state index is 3.51. The van der Waals surface area contributed by atoms with Gasteiger partial charge in [0.25, 0.3) is 0 Å². The Morgan fingerprint density at radius 1 is 0.840 bits per heavy atom. The summed E-state index contributed by atoms with van der Waals surface area (Å²) < 4.78 is 0. The number of benzene rings is 3. The highest BCUT2D eigenvalue weighted by Gasteiger charge is 2.34. The molecule has 25 heavy (non-hydrogen) atoms. The second-order valence-corrected chi connectivity index (χ2v) is 8.29. The molecule has 1 fully saturated rings. The number of fused-ring (bicyclic) bond motifs is 2. The lowest BCUT2D eigenvalue weighted by molar-refractivity contribution is 0.0882. The van der Waals surface area contributed by atoms with Gasteiger partial charge in [0, 0.05) is 32.2 Å². The van der Waals surface area contributed by atoms with E-state index in [0.29, 0.717) is 6.04 Å². The van der Waals surface area contributed by atoms with Crippen molar-refractivity contribution in [3.05, 3.63) is 60.2 Å². The zero-order valence-corrected chi connectivity index (χ0v) is 15.5. The van der Waals surface area contributed by atoms with E-state index in [2.05, 4.69) is 85.6 Å². The van der Waals surface area contributed by atoms with Crippen molar-refractivity contribution < 1.29 is 0 Å². The molecule has 0 radical (unpaired) electrons. The molecule has 4 rings (SSSR count). The maximum absolute atomic E-state index is 3.51. The van der Waals surface area contributed by atoms with Crippen LogP contribution in [0.2, 0.25) is 0 Å². The van der Waals surface area contributed by atoms with Crippen LogP contribution in [0.5, 0.6) is 0 Å². The lowest BCUT2D eigenvalue weighted by atomic mass is 9.77. The van der Waals surface area contributed by atoms with E-state index in [1.165, 1.54) is 27.1 Å². The molecule has 2 nitrogen and oxygen atoms in total. The van der Waals surface area contributed by atoms with E-state index in [-0.39, 0.29) is 5.41 Å². The molecular weight excluding hydrogens is 304 g/mol. The summed E-state index contributed by atoms with van der Waals surface area (Å²) in [6.07, 6.45) is 0. The van der Waals surface area contributed by atoms with Gasteiger partial charge in [-0.1, -0.05) is 69.3 Å². The van der Waals surface area contributed by atoms with Crippen molar-refractivity contribution in [1.82, 2.24) is 10.2 Å². The topological polar surface area (TPSA) is 15.3 Å². The first-order chi connectivity index (χ1) is 12.1. The Morgan fingerprint density at radius 2 is 1.36 bits per heavy atom. The lowest BCUT2D eigenvalue weighted by Gasteiger charge is -2.43. The molecule has 0 aromatic heterocycles. The van der Waals surface area contributed by atoms with E-state index in [1.54, 1.807) is 0 Å². The molecule has 0 spiro atoms. The molecule has 1 aliphatic rings. The normalized spacial score (nSPS) is 17.9. The minimum Gasteiger partial charge on any atom is -0.314 e. The van der Waals surface area contributed by atoms with Crippen LogP contribution in [-0.4, -0.2) is 31.1 Å². The van der Waals surface area contributed by atoms with E-state index in [1.807, 2.05) is 0 Å². The number of hydrogen-bond acceptors (Lipinski definition) is 2. The van der Waals surface area contributed by atoms with Crippen LogP contribution in [0.1, 0.15) is 32.4 Å². The summed E-state index contributed by atoms with van der Waals surface area (Å²) in [6, 6.07) is 20.5. The van der Waals surface area contributed by atoms with Crippen LogP contribution in [0.4, 0.5) is 0 Å². The van der Waals surface area contributed by atoms with Crippen molar-refractivity contribution in [2.24, 2.45) is 5.41 Å². The molecule has 0 aliphatic carbocycles. The molecule has 0 saturated carbocycles. The fourth-order valence-corrected chi connectivity index (χ4v) is 4.45. The van der Waals surface area contributed by atoms with Crippen LogP contribution in [0.3, 0.4) is 0 Å². The number of nitrogens with zero attached hydrogens (tertiary/aromatic N) is 1. The standard InChI is InChI=1S/C23H28N2/c1-23(2,3)22(25-14-12-24-13-15-25)21-19-10-6-4-8-17(19)16-18-9-5-7-11-20(18)21/h4-11,16,22,24H,12-15H2,1-3H3/t22-/m1/s1. The van der Waals surface area contributed by atoms with Crippen LogP contribution in [-0.2, 0) is 0 Å². The molecule has 130 valence electrons. The smallest absolute Gasteiger partial charge is 0.0409 e. The lowest BCUT2D eigenvalue weighted by Crippen LogP contribution is -2.48. The van der Waals surface area contributed by atoms with Crippen molar-refractivity contribution in [2.75, 3.05) is 26.2 Å². The van der Waals surface area contributed by atoms with Gasteiger partial charge in [-0.2, -0.15) is 0 Å². The van der Waals surface area contributed by atoms with Crippen molar-refractivity contribution in [3.63, 3.8) is 0 Å². The summed E-state index contributed by atoms with van der Waals surface area (Å²) in [6.45, 7) is 11.5. The Hall–Kier alpha value is -1.90. The second-order valence-electron chi connectivity index (χ2n) is 8.29. The molecule has 1 heterocycles. The van der Waals surface area contributed by atoms with E-state index in [9.17, 15) is 0 Å². The molecule has 1 N–H and O–H groups in total. The van der Waals surface area contributed by atoms with Gasteiger partial charge in [-0.15, -0.1) is 0 Å². The van der Waals surface area contributed by atoms with E-state index in [4.69, 9.17) is 0 Å². The minimum absolute atomic E-state index is 0.171. The molecule has 0 amide bonds. The highest BCUT2D eigenvalue weighted by molar-refractivity contribution is 6.02. The fourth-order valence-electron chi connectivity index (χ4n) is 4.45. The fraction of sp³-hybridized carbons (Fsp3) is 0.391. The van der Waals surface area contributed by atoms with Crippen LogP contribution in [0, 0.1) is 5.41 Å². The van der Waals surface area contributed by atoms with Gasteiger partial charge in [0.05, 0.1) is 0 Å². The third kappa shape index (κ3) is 3.05. The first-order valence-corrected chi connectivity index (χ1v) is 9.41. The third-order valence-corrected chi connectivity index (χ3v) is 5.42. The molecule has 2 heteroatoms. The van der Waals surface area contributed by atoms with Crippen molar-refractivity contribution >= 4 is 21.5 Å². The van der Waals surface area contributed by atoms with E-state index < -0.39 is 0 Å². The van der Waals surface area contributed by atoms with Gasteiger partial charge < -0.3 is 5.32 Å². The van der Waals surface area contributed by atoms with Crippen LogP contribution < -0.4 is 5.32 Å². The number of hydrogen-bond donors (Lipinski definition) is 1. The Balaban J connectivity index is 2.03. The van der Waals surface area contributed by atoms with Crippen LogP contribution in [0.25, 0.3) is 21.5 Å². The molecule has 0 unspecified atom stereocenters. The Labute approximate surface area is 150 Å². The highest BCUT2D eigenvalue weighted by Crippen LogP contribution is 2.44. The average Bonchev–Trinajstić information content (AvgIpc) is 2.61. The monoisotopic (exact) mass is 332 g/mol. The van der Waals surface area contributed by atoms with E-state index >= 15 is 0 Å². The van der Waals surface area contributed by atoms with Gasteiger partial charge in [-0.3, -0.25) is 4.90 Å². The molecule has 0 bridgehead atoms. The third-order valence-electron chi connectivity index (χ3n) is 5.42. The number of nitrogens with one attached hydrogen (secondary N) is 1. The molecule has 1 aliphatic heterocycles. The van der Waals surface area contributed by atoms with Gasteiger partial charge in [0.2, 0.25) is 0 Å². The molecule has 3 aromatic rings. The predicted molar refractivity (Wildman–Crippen MR) is 108 cm³/mol. The zero-order valence-electron chi connectivity index (χ0n) is 15.5. The molecule has 1 atom stereocenters. The Bertz CT molecular complexity index is 831. The predicted octanol–water partition coefficient (Wildman–Crippen LogP) is 4.99. The highest BCUT2D eigenvalue weighted by atomic mass is 15.2. The first-order valence-electron chi connectivity index (χ1n) is 9.41. The van der Waals surface area contributed by atoms with Gasteiger partial charge in [0.1, 0.15) is 0 Å². The minimum atomic E-state index is 0.171. The van der Waals surface area contributed by atoms with Gasteiger partial charge in [0.15, 0.2) is 0 Å².